The smallest absolute Gasteiger partial charge is 0.223 e. The van der Waals surface area contributed by atoms with Gasteiger partial charge in [0.2, 0.25) is 5.91 Å². The summed E-state index contributed by atoms with van der Waals surface area (Å²) in [6.45, 7) is 6.60. The van der Waals surface area contributed by atoms with Gasteiger partial charge in [-0.1, -0.05) is 36.4 Å². The molecule has 0 spiro atoms. The van der Waals surface area contributed by atoms with E-state index in [0.717, 1.165) is 22.8 Å². The van der Waals surface area contributed by atoms with Crippen molar-refractivity contribution in [2.45, 2.75) is 25.2 Å². The van der Waals surface area contributed by atoms with E-state index in [4.69, 9.17) is 5.10 Å². The van der Waals surface area contributed by atoms with Crippen LogP contribution in [0.1, 0.15) is 17.8 Å². The third-order valence-corrected chi connectivity index (χ3v) is 7.62. The molecule has 3 aromatic rings. The number of nitrogens with zero attached hydrogens (tertiary/aromatic N) is 4. The highest BCUT2D eigenvalue weighted by atomic mass is 32.2. The summed E-state index contributed by atoms with van der Waals surface area (Å²) in [5, 5.41) is 4.72. The molecule has 1 fully saturated rings. The summed E-state index contributed by atoms with van der Waals surface area (Å²) in [6, 6.07) is 18.3. The van der Waals surface area contributed by atoms with Crippen molar-refractivity contribution >= 4 is 21.4 Å². The molecular weight excluding hydrogens is 424 g/mol. The van der Waals surface area contributed by atoms with E-state index in [2.05, 4.69) is 11.8 Å². The van der Waals surface area contributed by atoms with E-state index >= 15 is 0 Å². The van der Waals surface area contributed by atoms with Gasteiger partial charge in [0, 0.05) is 32.6 Å². The predicted molar refractivity (Wildman–Crippen MR) is 125 cm³/mol. The first kappa shape index (κ1) is 22.1. The Balaban J connectivity index is 1.37. The lowest BCUT2D eigenvalue weighted by Crippen LogP contribution is -2.49. The molecule has 2 aromatic carbocycles. The van der Waals surface area contributed by atoms with E-state index in [9.17, 15) is 13.2 Å². The molecule has 0 atom stereocenters. The van der Waals surface area contributed by atoms with E-state index in [1.807, 2.05) is 41.9 Å². The van der Waals surface area contributed by atoms with Crippen molar-refractivity contribution in [1.82, 2.24) is 14.7 Å². The maximum absolute atomic E-state index is 12.7. The zero-order valence-corrected chi connectivity index (χ0v) is 19.3. The van der Waals surface area contributed by atoms with Gasteiger partial charge in [-0.25, -0.2) is 13.1 Å². The fraction of sp³-hybridized carbons (Fsp3) is 0.333. The van der Waals surface area contributed by atoms with Gasteiger partial charge in [-0.05, 0) is 38.1 Å². The number of aryl methyl sites for hydroxylation is 1. The minimum Gasteiger partial charge on any atom is -0.365 e. The molecule has 32 heavy (non-hydrogen) atoms. The van der Waals surface area contributed by atoms with Gasteiger partial charge in [0.05, 0.1) is 33.4 Å². The molecule has 1 saturated heterocycles. The minimum absolute atomic E-state index is 0.00121. The third kappa shape index (κ3) is 4.55. The highest BCUT2D eigenvalue weighted by Crippen LogP contribution is 2.27. The standard InChI is InChI=1S/C24H28N4O3S/c1-19-24(20(2)28(25-19)21-9-5-3-6-10-21)27-16-14-26(15-17-27)23(29)13-18-32(30,31)22-11-7-4-8-12-22/h3-12H,13-18H2,1-2H3. The Morgan fingerprint density at radius 1 is 0.906 bits per heavy atom. The SMILES string of the molecule is Cc1nn(-c2ccccc2)c(C)c1N1CCN(C(=O)CCS(=O)(=O)c2ccccc2)CC1. The van der Waals surface area contributed by atoms with Gasteiger partial charge >= 0.3 is 0 Å². The van der Waals surface area contributed by atoms with Crippen LogP contribution in [-0.4, -0.2) is 60.9 Å². The van der Waals surface area contributed by atoms with Crippen molar-refractivity contribution in [2.24, 2.45) is 0 Å². The second-order valence-electron chi connectivity index (χ2n) is 8.02. The molecular formula is C24H28N4O3S. The van der Waals surface area contributed by atoms with Crippen molar-refractivity contribution in [1.29, 1.82) is 0 Å². The summed E-state index contributed by atoms with van der Waals surface area (Å²) in [4.78, 5) is 17.0. The van der Waals surface area contributed by atoms with E-state index in [-0.39, 0.29) is 23.0 Å². The van der Waals surface area contributed by atoms with Crippen LogP contribution >= 0.6 is 0 Å². The molecule has 0 radical (unpaired) electrons. The van der Waals surface area contributed by atoms with E-state index in [1.54, 1.807) is 35.2 Å². The molecule has 0 bridgehead atoms. The third-order valence-electron chi connectivity index (χ3n) is 5.89. The molecule has 0 N–H and O–H groups in total. The Bertz CT molecular complexity index is 1180. The molecule has 2 heterocycles. The molecule has 0 unspecified atom stereocenters. The largest absolute Gasteiger partial charge is 0.365 e. The summed E-state index contributed by atoms with van der Waals surface area (Å²) in [5.74, 6) is -0.282. The van der Waals surface area contributed by atoms with Gasteiger partial charge in [-0.3, -0.25) is 4.79 Å². The first-order chi connectivity index (χ1) is 15.4. The normalized spacial score (nSPS) is 14.6. The first-order valence-corrected chi connectivity index (χ1v) is 12.4. The van der Waals surface area contributed by atoms with Gasteiger partial charge in [0.1, 0.15) is 0 Å². The minimum atomic E-state index is -3.45. The van der Waals surface area contributed by atoms with E-state index < -0.39 is 9.84 Å². The number of carbonyl (C=O) groups is 1. The topological polar surface area (TPSA) is 75.5 Å². The lowest BCUT2D eigenvalue weighted by Gasteiger charge is -2.36. The highest BCUT2D eigenvalue weighted by Gasteiger charge is 2.26. The van der Waals surface area contributed by atoms with Crippen LogP contribution < -0.4 is 4.90 Å². The van der Waals surface area contributed by atoms with Crippen LogP contribution in [0.5, 0.6) is 0 Å². The average Bonchev–Trinajstić information content (AvgIpc) is 3.12. The average molecular weight is 453 g/mol. The number of anilines is 1. The summed E-state index contributed by atoms with van der Waals surface area (Å²) in [5.41, 5.74) is 4.16. The Hall–Kier alpha value is -3.13. The van der Waals surface area contributed by atoms with Gasteiger partial charge in [-0.15, -0.1) is 0 Å². The van der Waals surface area contributed by atoms with E-state index in [0.29, 0.717) is 26.2 Å². The van der Waals surface area contributed by atoms with Gasteiger partial charge in [0.15, 0.2) is 9.84 Å². The predicted octanol–water partition coefficient (Wildman–Crippen LogP) is 3.00. The van der Waals surface area contributed by atoms with Crippen LogP contribution in [0.15, 0.2) is 65.6 Å². The Labute approximate surface area is 189 Å². The molecule has 0 aliphatic carbocycles. The highest BCUT2D eigenvalue weighted by molar-refractivity contribution is 7.91. The maximum Gasteiger partial charge on any atom is 0.223 e. The number of sulfone groups is 1. The van der Waals surface area contributed by atoms with Crippen molar-refractivity contribution in [3.05, 3.63) is 72.1 Å². The molecule has 4 rings (SSSR count). The fourth-order valence-corrected chi connectivity index (χ4v) is 5.47. The number of piperazine rings is 1. The molecule has 1 amide bonds. The summed E-state index contributed by atoms with van der Waals surface area (Å²) in [7, 11) is -3.45. The summed E-state index contributed by atoms with van der Waals surface area (Å²) in [6.07, 6.45) is 0.00121. The van der Waals surface area contributed by atoms with Crippen LogP contribution in [0.2, 0.25) is 0 Å². The number of hydrogen-bond donors (Lipinski definition) is 0. The van der Waals surface area contributed by atoms with Crippen molar-refractivity contribution < 1.29 is 13.2 Å². The summed E-state index contributed by atoms with van der Waals surface area (Å²) < 4.78 is 26.9. The quantitative estimate of drug-likeness (QED) is 0.575. The molecule has 1 aliphatic heterocycles. The monoisotopic (exact) mass is 452 g/mol. The number of hydrogen-bond acceptors (Lipinski definition) is 5. The number of amides is 1. The number of rotatable bonds is 6. The fourth-order valence-electron chi connectivity index (χ4n) is 4.22. The number of para-hydroxylation sites is 1. The summed E-state index contributed by atoms with van der Waals surface area (Å²) >= 11 is 0. The molecule has 1 aliphatic rings. The van der Waals surface area contributed by atoms with Crippen LogP contribution in [0, 0.1) is 13.8 Å². The molecule has 7 nitrogen and oxygen atoms in total. The lowest BCUT2D eigenvalue weighted by atomic mass is 10.2. The molecule has 1 aromatic heterocycles. The molecule has 8 heteroatoms. The zero-order chi connectivity index (χ0) is 22.7. The maximum atomic E-state index is 12.7. The van der Waals surface area contributed by atoms with Crippen molar-refractivity contribution in [3.8, 4) is 5.69 Å². The number of carbonyl (C=O) groups excluding carboxylic acids is 1. The Morgan fingerprint density at radius 2 is 1.50 bits per heavy atom. The second-order valence-corrected chi connectivity index (χ2v) is 10.1. The van der Waals surface area contributed by atoms with Crippen molar-refractivity contribution in [3.63, 3.8) is 0 Å². The first-order valence-electron chi connectivity index (χ1n) is 10.8. The molecule has 0 saturated carbocycles. The van der Waals surface area contributed by atoms with Crippen LogP contribution in [0.25, 0.3) is 5.69 Å². The van der Waals surface area contributed by atoms with Crippen LogP contribution in [0.3, 0.4) is 0 Å². The lowest BCUT2D eigenvalue weighted by molar-refractivity contribution is -0.131. The Morgan fingerprint density at radius 3 is 2.12 bits per heavy atom. The number of benzene rings is 2. The van der Waals surface area contributed by atoms with Gasteiger partial charge in [0.25, 0.3) is 0 Å². The second kappa shape index (κ2) is 9.16. The van der Waals surface area contributed by atoms with Crippen molar-refractivity contribution in [2.75, 3.05) is 36.8 Å². The van der Waals surface area contributed by atoms with Crippen LogP contribution in [-0.2, 0) is 14.6 Å². The van der Waals surface area contributed by atoms with Crippen LogP contribution in [0.4, 0.5) is 5.69 Å². The van der Waals surface area contributed by atoms with Gasteiger partial charge < -0.3 is 9.80 Å². The Kier molecular flexibility index (Phi) is 6.32. The number of aromatic nitrogens is 2. The molecule has 168 valence electrons. The zero-order valence-electron chi connectivity index (χ0n) is 18.4. The van der Waals surface area contributed by atoms with Gasteiger partial charge in [-0.2, -0.15) is 5.10 Å². The van der Waals surface area contributed by atoms with E-state index in [1.165, 1.54) is 0 Å².